The highest BCUT2D eigenvalue weighted by Gasteiger charge is 2.31. The van der Waals surface area contributed by atoms with Gasteiger partial charge in [-0.15, -0.1) is 0 Å². The topological polar surface area (TPSA) is 65.5 Å². The first-order valence-corrected chi connectivity index (χ1v) is 6.23. The van der Waals surface area contributed by atoms with Crippen LogP contribution in [0.1, 0.15) is 30.8 Å². The molecule has 2 heterocycles. The Morgan fingerprint density at radius 3 is 3.06 bits per heavy atom. The molecular weight excluding hydrogens is 230 g/mol. The molecule has 1 fully saturated rings. The molecular formula is C13H19N3O2. The number of amides is 1. The molecule has 1 aromatic rings. The van der Waals surface area contributed by atoms with E-state index in [9.17, 15) is 9.90 Å². The van der Waals surface area contributed by atoms with Crippen molar-refractivity contribution in [3.63, 3.8) is 0 Å². The maximum atomic E-state index is 11.7. The molecule has 1 saturated heterocycles. The lowest BCUT2D eigenvalue weighted by molar-refractivity contribution is 0.0839. The van der Waals surface area contributed by atoms with Crippen LogP contribution in [-0.4, -0.2) is 41.2 Å². The van der Waals surface area contributed by atoms with Gasteiger partial charge in [-0.2, -0.15) is 0 Å². The number of carbonyl (C=O) groups is 1. The number of nitrogens with one attached hydrogen (secondary N) is 1. The SMILES string of the molecule is CCNC(=O)c1cc(N2CCC(C)(O)C2)ccn1. The van der Waals surface area contributed by atoms with Crippen molar-refractivity contribution in [2.45, 2.75) is 25.9 Å². The Kier molecular flexibility index (Phi) is 3.52. The Morgan fingerprint density at radius 1 is 1.67 bits per heavy atom. The lowest BCUT2D eigenvalue weighted by atomic mass is 10.1. The quantitative estimate of drug-likeness (QED) is 0.831. The number of aromatic nitrogens is 1. The standard InChI is InChI=1S/C13H19N3O2/c1-3-14-12(17)11-8-10(4-6-15-11)16-7-5-13(2,18)9-16/h4,6,8,18H,3,5,7,9H2,1-2H3,(H,14,17). The number of aliphatic hydroxyl groups is 1. The molecule has 0 radical (unpaired) electrons. The molecule has 5 nitrogen and oxygen atoms in total. The van der Waals surface area contributed by atoms with Gasteiger partial charge in [0.05, 0.1) is 5.60 Å². The largest absolute Gasteiger partial charge is 0.388 e. The number of rotatable bonds is 3. The fourth-order valence-corrected chi connectivity index (χ4v) is 2.16. The second-order valence-corrected chi connectivity index (χ2v) is 4.93. The number of carbonyl (C=O) groups excluding carboxylic acids is 1. The molecule has 0 spiro atoms. The highest BCUT2D eigenvalue weighted by molar-refractivity contribution is 5.93. The summed E-state index contributed by atoms with van der Waals surface area (Å²) in [6.45, 7) is 5.68. The molecule has 2 rings (SSSR count). The van der Waals surface area contributed by atoms with Gasteiger partial charge < -0.3 is 15.3 Å². The van der Waals surface area contributed by atoms with Gasteiger partial charge in [0, 0.05) is 31.5 Å². The molecule has 1 amide bonds. The van der Waals surface area contributed by atoms with Crippen molar-refractivity contribution in [1.82, 2.24) is 10.3 Å². The van der Waals surface area contributed by atoms with Gasteiger partial charge >= 0.3 is 0 Å². The molecule has 0 aliphatic carbocycles. The summed E-state index contributed by atoms with van der Waals surface area (Å²) in [5.74, 6) is -0.162. The van der Waals surface area contributed by atoms with Crippen LogP contribution in [0.25, 0.3) is 0 Å². The van der Waals surface area contributed by atoms with Crippen LogP contribution < -0.4 is 10.2 Å². The van der Waals surface area contributed by atoms with E-state index in [0.29, 0.717) is 18.8 Å². The van der Waals surface area contributed by atoms with Crippen LogP contribution >= 0.6 is 0 Å². The van der Waals surface area contributed by atoms with Gasteiger partial charge in [-0.05, 0) is 32.4 Å². The zero-order valence-electron chi connectivity index (χ0n) is 10.8. The Labute approximate surface area is 107 Å². The number of anilines is 1. The monoisotopic (exact) mass is 249 g/mol. The van der Waals surface area contributed by atoms with Crippen LogP contribution in [0.4, 0.5) is 5.69 Å². The lowest BCUT2D eigenvalue weighted by Crippen LogP contribution is -2.30. The third-order valence-electron chi connectivity index (χ3n) is 3.13. The lowest BCUT2D eigenvalue weighted by Gasteiger charge is -2.21. The normalized spacial score (nSPS) is 23.2. The summed E-state index contributed by atoms with van der Waals surface area (Å²) in [5.41, 5.74) is 0.708. The zero-order chi connectivity index (χ0) is 13.2. The molecule has 0 saturated carbocycles. The minimum atomic E-state index is -0.644. The van der Waals surface area contributed by atoms with Crippen molar-refractivity contribution in [1.29, 1.82) is 0 Å². The summed E-state index contributed by atoms with van der Waals surface area (Å²) < 4.78 is 0. The van der Waals surface area contributed by atoms with Gasteiger partial charge in [0.15, 0.2) is 0 Å². The first kappa shape index (κ1) is 12.8. The molecule has 1 aromatic heterocycles. The number of pyridine rings is 1. The summed E-state index contributed by atoms with van der Waals surface area (Å²) in [5, 5.41) is 12.7. The van der Waals surface area contributed by atoms with Crippen molar-refractivity contribution >= 4 is 11.6 Å². The maximum Gasteiger partial charge on any atom is 0.269 e. The number of nitrogens with zero attached hydrogens (tertiary/aromatic N) is 2. The Hall–Kier alpha value is -1.62. The fraction of sp³-hybridized carbons (Fsp3) is 0.538. The van der Waals surface area contributed by atoms with Crippen LogP contribution in [0.5, 0.6) is 0 Å². The number of β-amino-alcohol motifs (C(OH)–C–C–N with tert-alkyl or cyclic N) is 1. The number of hydrogen-bond acceptors (Lipinski definition) is 4. The summed E-state index contributed by atoms with van der Waals surface area (Å²) in [6.07, 6.45) is 2.37. The maximum absolute atomic E-state index is 11.7. The molecule has 1 atom stereocenters. The zero-order valence-corrected chi connectivity index (χ0v) is 10.8. The van der Waals surface area contributed by atoms with E-state index in [1.807, 2.05) is 19.9 Å². The minimum Gasteiger partial charge on any atom is -0.388 e. The van der Waals surface area contributed by atoms with E-state index in [0.717, 1.165) is 18.7 Å². The first-order chi connectivity index (χ1) is 8.52. The van der Waals surface area contributed by atoms with E-state index in [2.05, 4.69) is 15.2 Å². The molecule has 18 heavy (non-hydrogen) atoms. The molecule has 98 valence electrons. The van der Waals surface area contributed by atoms with Gasteiger partial charge in [0.2, 0.25) is 0 Å². The van der Waals surface area contributed by atoms with Gasteiger partial charge in [-0.1, -0.05) is 0 Å². The van der Waals surface area contributed by atoms with Crippen LogP contribution in [0.2, 0.25) is 0 Å². The van der Waals surface area contributed by atoms with E-state index in [4.69, 9.17) is 0 Å². The smallest absolute Gasteiger partial charge is 0.269 e. The Bertz CT molecular complexity index is 446. The van der Waals surface area contributed by atoms with E-state index in [-0.39, 0.29) is 5.91 Å². The second-order valence-electron chi connectivity index (χ2n) is 4.93. The molecule has 5 heteroatoms. The first-order valence-electron chi connectivity index (χ1n) is 6.23. The molecule has 1 unspecified atom stereocenters. The highest BCUT2D eigenvalue weighted by Crippen LogP contribution is 2.26. The van der Waals surface area contributed by atoms with Crippen LogP contribution in [0, 0.1) is 0 Å². The fourth-order valence-electron chi connectivity index (χ4n) is 2.16. The summed E-state index contributed by atoms with van der Waals surface area (Å²) in [6, 6.07) is 3.64. The average Bonchev–Trinajstić information content (AvgIpc) is 2.70. The summed E-state index contributed by atoms with van der Waals surface area (Å²) >= 11 is 0. The third kappa shape index (κ3) is 2.79. The Balaban J connectivity index is 2.15. The van der Waals surface area contributed by atoms with E-state index in [1.54, 1.807) is 12.3 Å². The molecule has 1 aliphatic rings. The van der Waals surface area contributed by atoms with Crippen molar-refractivity contribution in [3.05, 3.63) is 24.0 Å². The highest BCUT2D eigenvalue weighted by atomic mass is 16.3. The molecule has 1 aliphatic heterocycles. The molecule has 0 bridgehead atoms. The second kappa shape index (κ2) is 4.94. The van der Waals surface area contributed by atoms with Gasteiger partial charge in [0.1, 0.15) is 5.69 Å². The minimum absolute atomic E-state index is 0.162. The van der Waals surface area contributed by atoms with Crippen LogP contribution in [-0.2, 0) is 0 Å². The van der Waals surface area contributed by atoms with Crippen molar-refractivity contribution < 1.29 is 9.90 Å². The summed E-state index contributed by atoms with van der Waals surface area (Å²) in [7, 11) is 0. The van der Waals surface area contributed by atoms with E-state index in [1.165, 1.54) is 0 Å². The molecule has 2 N–H and O–H groups in total. The van der Waals surface area contributed by atoms with E-state index < -0.39 is 5.60 Å². The van der Waals surface area contributed by atoms with Crippen molar-refractivity contribution in [3.8, 4) is 0 Å². The Morgan fingerprint density at radius 2 is 2.44 bits per heavy atom. The predicted molar refractivity (Wildman–Crippen MR) is 69.7 cm³/mol. The van der Waals surface area contributed by atoms with Crippen LogP contribution in [0.3, 0.4) is 0 Å². The van der Waals surface area contributed by atoms with Crippen molar-refractivity contribution in [2.75, 3.05) is 24.5 Å². The van der Waals surface area contributed by atoms with Gasteiger partial charge in [-0.3, -0.25) is 9.78 Å². The average molecular weight is 249 g/mol. The van der Waals surface area contributed by atoms with E-state index >= 15 is 0 Å². The third-order valence-corrected chi connectivity index (χ3v) is 3.13. The van der Waals surface area contributed by atoms with Crippen LogP contribution in [0.15, 0.2) is 18.3 Å². The van der Waals surface area contributed by atoms with Crippen molar-refractivity contribution in [2.24, 2.45) is 0 Å². The predicted octanol–water partition coefficient (Wildman–Crippen LogP) is 0.792. The summed E-state index contributed by atoms with van der Waals surface area (Å²) in [4.78, 5) is 17.8. The van der Waals surface area contributed by atoms with Gasteiger partial charge in [0.25, 0.3) is 5.91 Å². The molecule has 0 aromatic carbocycles. The number of hydrogen-bond donors (Lipinski definition) is 2. The van der Waals surface area contributed by atoms with Gasteiger partial charge in [-0.25, -0.2) is 0 Å².